The van der Waals surface area contributed by atoms with E-state index in [4.69, 9.17) is 10.3 Å². The first-order valence-corrected chi connectivity index (χ1v) is 5.62. The van der Waals surface area contributed by atoms with Crippen molar-refractivity contribution in [1.29, 1.82) is 0 Å². The average molecular weight is 267 g/mol. The Labute approximate surface area is 102 Å². The van der Waals surface area contributed by atoms with Crippen LogP contribution in [0.2, 0.25) is 0 Å². The lowest BCUT2D eigenvalue weighted by atomic mass is 10.2. The number of nitrogens with zero attached hydrogens (tertiary/aromatic N) is 2. The molecular weight excluding hydrogens is 251 g/mol. The summed E-state index contributed by atoms with van der Waals surface area (Å²) in [5, 5.41) is 3.69. The second-order valence-corrected chi connectivity index (χ2v) is 3.89. The topological polar surface area (TPSA) is 74.2 Å². The van der Waals surface area contributed by atoms with Gasteiger partial charge in [-0.15, -0.1) is 0 Å². The lowest BCUT2D eigenvalue weighted by Gasteiger charge is -2.05. The number of halogens is 3. The van der Waals surface area contributed by atoms with Crippen LogP contribution in [0.15, 0.2) is 4.52 Å². The summed E-state index contributed by atoms with van der Waals surface area (Å²) < 4.78 is 44.6. The van der Waals surface area contributed by atoms with E-state index in [2.05, 4.69) is 14.9 Å². The van der Waals surface area contributed by atoms with Crippen molar-refractivity contribution in [2.24, 2.45) is 5.73 Å². The molecule has 0 bridgehead atoms. The van der Waals surface area contributed by atoms with Crippen molar-refractivity contribution in [3.8, 4) is 0 Å². The van der Waals surface area contributed by atoms with Crippen LogP contribution in [0.25, 0.3) is 0 Å². The van der Waals surface area contributed by atoms with Crippen LogP contribution in [-0.2, 0) is 17.6 Å². The Morgan fingerprint density at radius 3 is 2.78 bits per heavy atom. The first kappa shape index (κ1) is 14.9. The molecule has 0 aromatic carbocycles. The third-order valence-electron chi connectivity index (χ3n) is 2.21. The molecule has 104 valence electrons. The van der Waals surface area contributed by atoms with Crippen molar-refractivity contribution in [1.82, 2.24) is 10.1 Å². The number of rotatable bonds is 7. The molecule has 0 saturated heterocycles. The summed E-state index contributed by atoms with van der Waals surface area (Å²) in [5.41, 5.74) is 5.71. The molecule has 5 nitrogen and oxygen atoms in total. The van der Waals surface area contributed by atoms with Crippen LogP contribution >= 0.6 is 0 Å². The van der Waals surface area contributed by atoms with E-state index >= 15 is 0 Å². The Balaban J connectivity index is 2.27. The first-order valence-electron chi connectivity index (χ1n) is 5.62. The highest BCUT2D eigenvalue weighted by Gasteiger charge is 2.27. The summed E-state index contributed by atoms with van der Waals surface area (Å²) in [6.45, 7) is 0.562. The minimum Gasteiger partial charge on any atom is -0.372 e. The number of nitrogens with two attached hydrogens (primary N) is 1. The summed E-state index contributed by atoms with van der Waals surface area (Å²) in [7, 11) is 0. The molecule has 1 rings (SSSR count). The van der Waals surface area contributed by atoms with Gasteiger partial charge < -0.3 is 15.0 Å². The summed E-state index contributed by atoms with van der Waals surface area (Å²) >= 11 is 0. The van der Waals surface area contributed by atoms with E-state index in [1.165, 1.54) is 0 Å². The standard InChI is InChI=1S/C10H16F3N3O2/c1-2-7(14)5-8-15-9(18-16-8)3-4-17-6-10(11,12)13/h7H,2-6,14H2,1H3. The molecule has 0 spiro atoms. The molecule has 1 unspecified atom stereocenters. The predicted molar refractivity (Wildman–Crippen MR) is 56.8 cm³/mol. The molecule has 0 radical (unpaired) electrons. The summed E-state index contributed by atoms with van der Waals surface area (Å²) in [6, 6.07) is -0.0445. The van der Waals surface area contributed by atoms with Gasteiger partial charge in [0.1, 0.15) is 6.61 Å². The average Bonchev–Trinajstić information content (AvgIpc) is 2.71. The van der Waals surface area contributed by atoms with Crippen LogP contribution in [0.3, 0.4) is 0 Å². The van der Waals surface area contributed by atoms with E-state index in [1.807, 2.05) is 6.92 Å². The molecule has 1 aromatic heterocycles. The predicted octanol–water partition coefficient (Wildman–Crippen LogP) is 1.47. The molecular formula is C10H16F3N3O2. The van der Waals surface area contributed by atoms with Gasteiger partial charge >= 0.3 is 6.18 Å². The van der Waals surface area contributed by atoms with Crippen molar-refractivity contribution in [2.45, 2.75) is 38.4 Å². The number of hydrogen-bond donors (Lipinski definition) is 1. The number of hydrogen-bond acceptors (Lipinski definition) is 5. The van der Waals surface area contributed by atoms with Crippen LogP contribution in [0.1, 0.15) is 25.1 Å². The van der Waals surface area contributed by atoms with Gasteiger partial charge in [-0.1, -0.05) is 12.1 Å². The van der Waals surface area contributed by atoms with Crippen molar-refractivity contribution in [2.75, 3.05) is 13.2 Å². The number of alkyl halides is 3. The quantitative estimate of drug-likeness (QED) is 0.757. The summed E-state index contributed by atoms with van der Waals surface area (Å²) in [6.07, 6.45) is -2.87. The van der Waals surface area contributed by atoms with E-state index in [-0.39, 0.29) is 25.0 Å². The molecule has 0 amide bonds. The van der Waals surface area contributed by atoms with Crippen LogP contribution in [0, 0.1) is 0 Å². The van der Waals surface area contributed by atoms with Crippen molar-refractivity contribution >= 4 is 0 Å². The first-order chi connectivity index (χ1) is 8.40. The van der Waals surface area contributed by atoms with Gasteiger partial charge in [-0.2, -0.15) is 18.2 Å². The molecule has 1 atom stereocenters. The molecule has 18 heavy (non-hydrogen) atoms. The van der Waals surface area contributed by atoms with Crippen molar-refractivity contribution in [3.05, 3.63) is 11.7 Å². The van der Waals surface area contributed by atoms with Gasteiger partial charge in [-0.05, 0) is 6.42 Å². The Kier molecular flexibility index (Phi) is 5.54. The molecule has 0 aliphatic heterocycles. The lowest BCUT2D eigenvalue weighted by molar-refractivity contribution is -0.173. The normalized spacial score (nSPS) is 13.8. The maximum atomic E-state index is 11.8. The molecule has 0 fully saturated rings. The van der Waals surface area contributed by atoms with Gasteiger partial charge in [0, 0.05) is 12.5 Å². The van der Waals surface area contributed by atoms with Gasteiger partial charge in [0.25, 0.3) is 0 Å². The maximum absolute atomic E-state index is 11.8. The van der Waals surface area contributed by atoms with Crippen LogP contribution in [0.4, 0.5) is 13.2 Å². The van der Waals surface area contributed by atoms with Crippen LogP contribution in [-0.4, -0.2) is 35.6 Å². The van der Waals surface area contributed by atoms with E-state index in [9.17, 15) is 13.2 Å². The monoisotopic (exact) mass is 267 g/mol. The highest BCUT2D eigenvalue weighted by atomic mass is 19.4. The Morgan fingerprint density at radius 2 is 2.17 bits per heavy atom. The Morgan fingerprint density at radius 1 is 1.44 bits per heavy atom. The Bertz CT molecular complexity index is 354. The fourth-order valence-corrected chi connectivity index (χ4v) is 1.20. The van der Waals surface area contributed by atoms with Crippen molar-refractivity contribution < 1.29 is 22.4 Å². The second-order valence-electron chi connectivity index (χ2n) is 3.89. The summed E-state index contributed by atoms with van der Waals surface area (Å²) in [5.74, 6) is 0.727. The fraction of sp³-hybridized carbons (Fsp3) is 0.800. The van der Waals surface area contributed by atoms with Crippen LogP contribution in [0.5, 0.6) is 0 Å². The largest absolute Gasteiger partial charge is 0.411 e. The minimum atomic E-state index is -4.31. The zero-order valence-electron chi connectivity index (χ0n) is 10.0. The fourth-order valence-electron chi connectivity index (χ4n) is 1.20. The van der Waals surface area contributed by atoms with E-state index < -0.39 is 12.8 Å². The maximum Gasteiger partial charge on any atom is 0.411 e. The van der Waals surface area contributed by atoms with Crippen LogP contribution < -0.4 is 5.73 Å². The molecule has 0 saturated carbocycles. The highest BCUT2D eigenvalue weighted by Crippen LogP contribution is 2.14. The van der Waals surface area contributed by atoms with E-state index in [1.54, 1.807) is 0 Å². The lowest BCUT2D eigenvalue weighted by Crippen LogP contribution is -2.22. The number of ether oxygens (including phenoxy) is 1. The van der Waals surface area contributed by atoms with E-state index in [0.717, 1.165) is 6.42 Å². The molecule has 1 aromatic rings. The SMILES string of the molecule is CCC(N)Cc1noc(CCOCC(F)(F)F)n1. The number of aromatic nitrogens is 2. The molecule has 2 N–H and O–H groups in total. The van der Waals surface area contributed by atoms with Gasteiger partial charge in [0.2, 0.25) is 5.89 Å². The van der Waals surface area contributed by atoms with Gasteiger partial charge in [0.15, 0.2) is 5.82 Å². The second kappa shape index (κ2) is 6.69. The smallest absolute Gasteiger partial charge is 0.372 e. The molecule has 0 aliphatic rings. The highest BCUT2D eigenvalue weighted by molar-refractivity contribution is 4.89. The molecule has 0 aliphatic carbocycles. The van der Waals surface area contributed by atoms with Gasteiger partial charge in [0.05, 0.1) is 13.0 Å². The third kappa shape index (κ3) is 5.97. The summed E-state index contributed by atoms with van der Waals surface area (Å²) in [4.78, 5) is 4.01. The van der Waals surface area contributed by atoms with E-state index in [0.29, 0.717) is 12.2 Å². The zero-order chi connectivity index (χ0) is 13.6. The van der Waals surface area contributed by atoms with Gasteiger partial charge in [-0.25, -0.2) is 0 Å². The zero-order valence-corrected chi connectivity index (χ0v) is 10.0. The third-order valence-corrected chi connectivity index (χ3v) is 2.21. The molecule has 8 heteroatoms. The van der Waals surface area contributed by atoms with Gasteiger partial charge in [-0.3, -0.25) is 0 Å². The Hall–Kier alpha value is -1.15. The van der Waals surface area contributed by atoms with Crippen molar-refractivity contribution in [3.63, 3.8) is 0 Å². The molecule has 1 heterocycles. The minimum absolute atomic E-state index is 0.0445.